The fraction of sp³-hybridized carbons (Fsp3) is 0.368. The first-order valence-electron chi connectivity index (χ1n) is 8.73. The molecule has 0 bridgehead atoms. The van der Waals surface area contributed by atoms with E-state index in [2.05, 4.69) is 15.6 Å². The number of pyridine rings is 1. The van der Waals surface area contributed by atoms with E-state index in [1.165, 1.54) is 0 Å². The van der Waals surface area contributed by atoms with Gasteiger partial charge in [-0.2, -0.15) is 0 Å². The van der Waals surface area contributed by atoms with Crippen LogP contribution in [0.2, 0.25) is 10.0 Å². The van der Waals surface area contributed by atoms with E-state index in [-0.39, 0.29) is 18.2 Å². The van der Waals surface area contributed by atoms with Gasteiger partial charge in [-0.15, -0.1) is 0 Å². The second-order valence-electron chi connectivity index (χ2n) is 6.35. The SMILES string of the molecule is COc1ccc(Cl)cc1NC(=O)NC1CCC(Oc2ccc(Cl)cn2)CC1. The van der Waals surface area contributed by atoms with Crippen LogP contribution in [0.15, 0.2) is 36.5 Å². The predicted octanol–water partition coefficient (Wildman–Crippen LogP) is 4.91. The average Bonchev–Trinajstić information content (AvgIpc) is 2.65. The fourth-order valence-corrected chi connectivity index (χ4v) is 3.33. The molecule has 1 heterocycles. The van der Waals surface area contributed by atoms with Crippen molar-refractivity contribution in [2.75, 3.05) is 12.4 Å². The Balaban J connectivity index is 1.47. The third-order valence-electron chi connectivity index (χ3n) is 4.41. The molecule has 8 heteroatoms. The maximum Gasteiger partial charge on any atom is 0.319 e. The number of aromatic nitrogens is 1. The van der Waals surface area contributed by atoms with Gasteiger partial charge in [0.1, 0.15) is 11.9 Å². The van der Waals surface area contributed by atoms with Crippen molar-refractivity contribution in [3.63, 3.8) is 0 Å². The van der Waals surface area contributed by atoms with Gasteiger partial charge in [0.2, 0.25) is 5.88 Å². The smallest absolute Gasteiger partial charge is 0.319 e. The zero-order chi connectivity index (χ0) is 19.2. The van der Waals surface area contributed by atoms with Crippen molar-refractivity contribution in [3.05, 3.63) is 46.6 Å². The van der Waals surface area contributed by atoms with E-state index in [0.29, 0.717) is 27.4 Å². The van der Waals surface area contributed by atoms with Crippen LogP contribution in [0.3, 0.4) is 0 Å². The molecule has 1 aromatic carbocycles. The molecule has 0 aliphatic heterocycles. The number of amides is 2. The number of nitrogens with one attached hydrogen (secondary N) is 2. The Labute approximate surface area is 168 Å². The Morgan fingerprint density at radius 1 is 1.11 bits per heavy atom. The van der Waals surface area contributed by atoms with Gasteiger partial charge in [-0.1, -0.05) is 23.2 Å². The van der Waals surface area contributed by atoms with Gasteiger partial charge in [-0.05, 0) is 49.9 Å². The number of hydrogen-bond donors (Lipinski definition) is 2. The average molecular weight is 410 g/mol. The number of nitrogens with zero attached hydrogens (tertiary/aromatic N) is 1. The van der Waals surface area contributed by atoms with Crippen molar-refractivity contribution in [2.24, 2.45) is 0 Å². The standard InChI is InChI=1S/C19H21Cl2N3O3/c1-26-17-8-2-12(20)10-16(17)24-19(25)23-14-4-6-15(7-5-14)27-18-9-3-13(21)11-22-18/h2-3,8-11,14-15H,4-7H2,1H3,(H2,23,24,25). The Kier molecular flexibility index (Phi) is 6.63. The number of carbonyl (C=O) groups is 1. The number of ether oxygens (including phenoxy) is 2. The summed E-state index contributed by atoms with van der Waals surface area (Å²) in [6.07, 6.45) is 5.01. The number of methoxy groups -OCH3 is 1. The van der Waals surface area contributed by atoms with Crippen LogP contribution in [0.1, 0.15) is 25.7 Å². The molecule has 0 unspecified atom stereocenters. The van der Waals surface area contributed by atoms with Gasteiger partial charge in [-0.25, -0.2) is 9.78 Å². The quantitative estimate of drug-likeness (QED) is 0.735. The van der Waals surface area contributed by atoms with Crippen molar-refractivity contribution in [3.8, 4) is 11.6 Å². The number of carbonyl (C=O) groups excluding carboxylic acids is 1. The Morgan fingerprint density at radius 2 is 1.85 bits per heavy atom. The second-order valence-corrected chi connectivity index (χ2v) is 7.22. The van der Waals surface area contributed by atoms with Crippen molar-refractivity contribution >= 4 is 34.9 Å². The lowest BCUT2D eigenvalue weighted by Crippen LogP contribution is -2.41. The van der Waals surface area contributed by atoms with Gasteiger partial charge in [0.15, 0.2) is 0 Å². The molecule has 0 saturated heterocycles. The molecule has 1 fully saturated rings. The summed E-state index contributed by atoms with van der Waals surface area (Å²) in [5.41, 5.74) is 0.535. The fourth-order valence-electron chi connectivity index (χ4n) is 3.05. The molecule has 2 amide bonds. The first kappa shape index (κ1) is 19.6. The molecule has 1 aromatic heterocycles. The summed E-state index contributed by atoms with van der Waals surface area (Å²) in [5, 5.41) is 6.89. The van der Waals surface area contributed by atoms with E-state index in [9.17, 15) is 4.79 Å². The number of benzene rings is 1. The highest BCUT2D eigenvalue weighted by atomic mass is 35.5. The number of urea groups is 1. The molecule has 2 N–H and O–H groups in total. The topological polar surface area (TPSA) is 72.5 Å². The molecule has 1 saturated carbocycles. The van der Waals surface area contributed by atoms with Gasteiger partial charge in [0.25, 0.3) is 0 Å². The molecule has 0 spiro atoms. The molecule has 2 aromatic rings. The predicted molar refractivity (Wildman–Crippen MR) is 106 cm³/mol. The monoisotopic (exact) mass is 409 g/mol. The first-order valence-corrected chi connectivity index (χ1v) is 9.48. The lowest BCUT2D eigenvalue weighted by atomic mass is 9.93. The van der Waals surface area contributed by atoms with Gasteiger partial charge in [0.05, 0.1) is 17.8 Å². The molecule has 0 atom stereocenters. The van der Waals surface area contributed by atoms with Crippen LogP contribution in [0, 0.1) is 0 Å². The minimum Gasteiger partial charge on any atom is -0.495 e. The van der Waals surface area contributed by atoms with Gasteiger partial charge in [0, 0.05) is 23.3 Å². The zero-order valence-corrected chi connectivity index (χ0v) is 16.4. The van der Waals surface area contributed by atoms with E-state index in [1.807, 2.05) is 0 Å². The third-order valence-corrected chi connectivity index (χ3v) is 4.87. The Morgan fingerprint density at radius 3 is 2.52 bits per heavy atom. The highest BCUT2D eigenvalue weighted by Gasteiger charge is 2.24. The molecular weight excluding hydrogens is 389 g/mol. The Hall–Kier alpha value is -2.18. The van der Waals surface area contributed by atoms with E-state index in [4.69, 9.17) is 32.7 Å². The van der Waals surface area contributed by atoms with Gasteiger partial charge < -0.3 is 20.1 Å². The van der Waals surface area contributed by atoms with Crippen LogP contribution in [0.4, 0.5) is 10.5 Å². The molecule has 144 valence electrons. The molecular formula is C19H21Cl2N3O3. The molecule has 0 radical (unpaired) electrons. The molecule has 1 aliphatic carbocycles. The normalized spacial score (nSPS) is 19.2. The van der Waals surface area contributed by atoms with Crippen LogP contribution in [-0.2, 0) is 0 Å². The third kappa shape index (κ3) is 5.65. The van der Waals surface area contributed by atoms with Crippen molar-refractivity contribution in [1.82, 2.24) is 10.3 Å². The van der Waals surface area contributed by atoms with Crippen LogP contribution in [0.25, 0.3) is 0 Å². The van der Waals surface area contributed by atoms with E-state index in [0.717, 1.165) is 25.7 Å². The van der Waals surface area contributed by atoms with E-state index < -0.39 is 0 Å². The molecule has 27 heavy (non-hydrogen) atoms. The maximum atomic E-state index is 12.3. The van der Waals surface area contributed by atoms with Crippen LogP contribution in [-0.4, -0.2) is 30.3 Å². The van der Waals surface area contributed by atoms with Crippen molar-refractivity contribution < 1.29 is 14.3 Å². The Bertz CT molecular complexity index is 778. The summed E-state index contributed by atoms with van der Waals surface area (Å²) in [5.74, 6) is 1.13. The van der Waals surface area contributed by atoms with Gasteiger partial charge >= 0.3 is 6.03 Å². The van der Waals surface area contributed by atoms with Crippen LogP contribution < -0.4 is 20.1 Å². The van der Waals surface area contributed by atoms with Gasteiger partial charge in [-0.3, -0.25) is 0 Å². The summed E-state index contributed by atoms with van der Waals surface area (Å²) in [4.78, 5) is 16.4. The van der Waals surface area contributed by atoms with Crippen LogP contribution in [0.5, 0.6) is 11.6 Å². The highest BCUT2D eigenvalue weighted by Crippen LogP contribution is 2.28. The zero-order valence-electron chi connectivity index (χ0n) is 14.9. The molecule has 1 aliphatic rings. The summed E-state index contributed by atoms with van der Waals surface area (Å²) in [6.45, 7) is 0. The molecule has 6 nitrogen and oxygen atoms in total. The largest absolute Gasteiger partial charge is 0.495 e. The minimum absolute atomic E-state index is 0.0906. The van der Waals surface area contributed by atoms with E-state index in [1.54, 1.807) is 43.6 Å². The van der Waals surface area contributed by atoms with Crippen molar-refractivity contribution in [1.29, 1.82) is 0 Å². The first-order chi connectivity index (χ1) is 13.0. The highest BCUT2D eigenvalue weighted by molar-refractivity contribution is 6.31. The summed E-state index contributed by atoms with van der Waals surface area (Å²) in [7, 11) is 1.54. The maximum absolute atomic E-state index is 12.3. The summed E-state index contributed by atoms with van der Waals surface area (Å²) < 4.78 is 11.1. The summed E-state index contributed by atoms with van der Waals surface area (Å²) in [6, 6.07) is 8.41. The minimum atomic E-state index is -0.278. The lowest BCUT2D eigenvalue weighted by Gasteiger charge is -2.29. The van der Waals surface area contributed by atoms with Crippen molar-refractivity contribution in [2.45, 2.75) is 37.8 Å². The number of hydrogen-bond acceptors (Lipinski definition) is 4. The number of halogens is 2. The lowest BCUT2D eigenvalue weighted by molar-refractivity contribution is 0.135. The van der Waals surface area contributed by atoms with E-state index >= 15 is 0 Å². The second kappa shape index (κ2) is 9.15. The van der Waals surface area contributed by atoms with Crippen LogP contribution >= 0.6 is 23.2 Å². The molecule has 3 rings (SSSR count). The number of rotatable bonds is 5. The number of anilines is 1. The summed E-state index contributed by atoms with van der Waals surface area (Å²) >= 11 is 11.8.